The molecule has 3 aromatic heterocycles. The first-order valence-electron chi connectivity index (χ1n) is 10.1. The summed E-state index contributed by atoms with van der Waals surface area (Å²) in [6, 6.07) is 3.90. The second-order valence-electron chi connectivity index (χ2n) is 7.57. The molecule has 29 heavy (non-hydrogen) atoms. The van der Waals surface area contributed by atoms with Crippen LogP contribution in [0, 0.1) is 0 Å². The molecule has 9 heteroatoms. The number of anilines is 1. The van der Waals surface area contributed by atoms with Gasteiger partial charge in [-0.1, -0.05) is 0 Å². The summed E-state index contributed by atoms with van der Waals surface area (Å²) in [4.78, 5) is 25.1. The Kier molecular flexibility index (Phi) is 4.76. The molecule has 152 valence electrons. The highest BCUT2D eigenvalue weighted by molar-refractivity contribution is 5.89. The first kappa shape index (κ1) is 18.3. The van der Waals surface area contributed by atoms with Crippen LogP contribution in [0.25, 0.3) is 22.4 Å². The molecule has 0 bridgehead atoms. The molecule has 0 unspecified atom stereocenters. The Labute approximate surface area is 167 Å². The highest BCUT2D eigenvalue weighted by atomic mass is 16.5. The molecular weight excluding hydrogens is 372 g/mol. The van der Waals surface area contributed by atoms with Crippen LogP contribution in [0.4, 0.5) is 5.82 Å². The number of aromatic amines is 1. The van der Waals surface area contributed by atoms with E-state index in [-0.39, 0.29) is 17.6 Å². The standard InChI is InChI=1S/C20H24N6O3/c1-13-12-29-11-8-25(13)19-20(27)26(14-4-9-28-10-5-14)16-3-6-21-17(18(16)23-19)15-2-7-22-24-15/h2-3,6-7,13-14H,4-5,8-12H2,1H3,(H,22,24)/t13-/m1/s1. The third-order valence-corrected chi connectivity index (χ3v) is 5.74. The molecule has 3 aromatic rings. The molecular formula is C20H24N6O3. The summed E-state index contributed by atoms with van der Waals surface area (Å²) in [5.41, 5.74) is 2.92. The molecule has 9 nitrogen and oxygen atoms in total. The lowest BCUT2D eigenvalue weighted by Crippen LogP contribution is -2.47. The molecule has 0 radical (unpaired) electrons. The Morgan fingerprint density at radius 1 is 1.14 bits per heavy atom. The zero-order valence-corrected chi connectivity index (χ0v) is 16.4. The maximum absolute atomic E-state index is 13.7. The van der Waals surface area contributed by atoms with Crippen LogP contribution in [0.2, 0.25) is 0 Å². The first-order chi connectivity index (χ1) is 14.2. The zero-order valence-electron chi connectivity index (χ0n) is 16.4. The average Bonchev–Trinajstić information content (AvgIpc) is 3.29. The predicted octanol–water partition coefficient (Wildman–Crippen LogP) is 1.76. The van der Waals surface area contributed by atoms with E-state index < -0.39 is 0 Å². The van der Waals surface area contributed by atoms with Crippen molar-refractivity contribution in [2.75, 3.05) is 37.9 Å². The molecule has 0 aliphatic carbocycles. The fraction of sp³-hybridized carbons (Fsp3) is 0.500. The van der Waals surface area contributed by atoms with E-state index in [1.165, 1.54) is 0 Å². The third kappa shape index (κ3) is 3.20. The Hall–Kier alpha value is -2.78. The maximum atomic E-state index is 13.7. The molecule has 0 saturated carbocycles. The van der Waals surface area contributed by atoms with Crippen LogP contribution in [0.3, 0.4) is 0 Å². The van der Waals surface area contributed by atoms with E-state index in [0.717, 1.165) is 24.1 Å². The summed E-state index contributed by atoms with van der Waals surface area (Å²) in [6.45, 7) is 5.17. The van der Waals surface area contributed by atoms with E-state index in [9.17, 15) is 4.79 Å². The summed E-state index contributed by atoms with van der Waals surface area (Å²) in [7, 11) is 0. The molecule has 5 heterocycles. The molecule has 2 saturated heterocycles. The van der Waals surface area contributed by atoms with Gasteiger partial charge in [0.15, 0.2) is 5.82 Å². The zero-order chi connectivity index (χ0) is 19.8. The predicted molar refractivity (Wildman–Crippen MR) is 108 cm³/mol. The van der Waals surface area contributed by atoms with E-state index in [1.54, 1.807) is 12.4 Å². The summed E-state index contributed by atoms with van der Waals surface area (Å²) in [6.07, 6.45) is 5.03. The van der Waals surface area contributed by atoms with E-state index in [4.69, 9.17) is 14.5 Å². The Morgan fingerprint density at radius 2 is 2.00 bits per heavy atom. The number of fused-ring (bicyclic) bond motifs is 1. The smallest absolute Gasteiger partial charge is 0.294 e. The molecule has 0 amide bonds. The van der Waals surface area contributed by atoms with Gasteiger partial charge < -0.3 is 18.9 Å². The van der Waals surface area contributed by atoms with Gasteiger partial charge in [-0.05, 0) is 31.9 Å². The van der Waals surface area contributed by atoms with Crippen LogP contribution in [-0.4, -0.2) is 63.7 Å². The van der Waals surface area contributed by atoms with E-state index in [0.29, 0.717) is 50.0 Å². The van der Waals surface area contributed by atoms with Gasteiger partial charge in [0, 0.05) is 38.2 Å². The monoisotopic (exact) mass is 396 g/mol. The Balaban J connectivity index is 1.77. The second kappa shape index (κ2) is 7.57. The molecule has 0 aromatic carbocycles. The summed E-state index contributed by atoms with van der Waals surface area (Å²) in [5, 5.41) is 7.03. The lowest BCUT2D eigenvalue weighted by molar-refractivity contribution is 0.0697. The van der Waals surface area contributed by atoms with Crippen molar-refractivity contribution in [3.05, 3.63) is 34.9 Å². The number of nitrogens with zero attached hydrogens (tertiary/aromatic N) is 5. The van der Waals surface area contributed by atoms with E-state index in [1.807, 2.05) is 16.7 Å². The topological polar surface area (TPSA) is 98.2 Å². The van der Waals surface area contributed by atoms with Crippen molar-refractivity contribution >= 4 is 16.9 Å². The number of H-pyrrole nitrogens is 1. The minimum absolute atomic E-state index is 0.0556. The van der Waals surface area contributed by atoms with Crippen molar-refractivity contribution in [1.82, 2.24) is 24.7 Å². The summed E-state index contributed by atoms with van der Waals surface area (Å²) in [5.74, 6) is 0.466. The highest BCUT2D eigenvalue weighted by Gasteiger charge is 2.28. The molecule has 2 aliphatic rings. The van der Waals surface area contributed by atoms with Crippen LogP contribution in [0.15, 0.2) is 29.3 Å². The lowest BCUT2D eigenvalue weighted by Gasteiger charge is -2.35. The maximum Gasteiger partial charge on any atom is 0.294 e. The molecule has 0 spiro atoms. The number of aromatic nitrogens is 5. The van der Waals surface area contributed by atoms with Crippen LogP contribution >= 0.6 is 0 Å². The SMILES string of the molecule is C[C@@H]1COCCN1c1nc2c(-c3ccn[nH]3)nccc2n(C2CCOCC2)c1=O. The van der Waals surface area contributed by atoms with Crippen molar-refractivity contribution in [3.63, 3.8) is 0 Å². The molecule has 1 N–H and O–H groups in total. The van der Waals surface area contributed by atoms with Gasteiger partial charge >= 0.3 is 0 Å². The van der Waals surface area contributed by atoms with Gasteiger partial charge in [-0.15, -0.1) is 0 Å². The quantitative estimate of drug-likeness (QED) is 0.720. The summed E-state index contributed by atoms with van der Waals surface area (Å²) < 4.78 is 13.0. The van der Waals surface area contributed by atoms with Gasteiger partial charge in [0.1, 0.15) is 11.2 Å². The molecule has 2 fully saturated rings. The van der Waals surface area contributed by atoms with Crippen molar-refractivity contribution < 1.29 is 9.47 Å². The van der Waals surface area contributed by atoms with Gasteiger partial charge in [0.05, 0.1) is 30.5 Å². The van der Waals surface area contributed by atoms with Crippen LogP contribution in [-0.2, 0) is 9.47 Å². The van der Waals surface area contributed by atoms with Crippen molar-refractivity contribution in [3.8, 4) is 11.4 Å². The fourth-order valence-electron chi connectivity index (χ4n) is 4.24. The second-order valence-corrected chi connectivity index (χ2v) is 7.57. The van der Waals surface area contributed by atoms with Crippen molar-refractivity contribution in [2.24, 2.45) is 0 Å². The van der Waals surface area contributed by atoms with Crippen molar-refractivity contribution in [2.45, 2.75) is 31.8 Å². The van der Waals surface area contributed by atoms with E-state index >= 15 is 0 Å². The van der Waals surface area contributed by atoms with E-state index in [2.05, 4.69) is 27.0 Å². The summed E-state index contributed by atoms with van der Waals surface area (Å²) >= 11 is 0. The minimum atomic E-state index is -0.0556. The highest BCUT2D eigenvalue weighted by Crippen LogP contribution is 2.29. The van der Waals surface area contributed by atoms with Gasteiger partial charge in [0.2, 0.25) is 0 Å². The van der Waals surface area contributed by atoms with Gasteiger partial charge in [0.25, 0.3) is 5.56 Å². The van der Waals surface area contributed by atoms with Gasteiger partial charge in [-0.25, -0.2) is 4.98 Å². The number of rotatable bonds is 3. The van der Waals surface area contributed by atoms with Crippen LogP contribution < -0.4 is 10.5 Å². The van der Waals surface area contributed by atoms with Gasteiger partial charge in [-0.2, -0.15) is 5.10 Å². The number of nitrogens with one attached hydrogen (secondary N) is 1. The molecule has 1 atom stereocenters. The average molecular weight is 396 g/mol. The number of ether oxygens (including phenoxy) is 2. The lowest BCUT2D eigenvalue weighted by atomic mass is 10.1. The molecule has 5 rings (SSSR count). The van der Waals surface area contributed by atoms with Crippen LogP contribution in [0.1, 0.15) is 25.8 Å². The number of hydrogen-bond donors (Lipinski definition) is 1. The normalized spacial score (nSPS) is 21.0. The number of morpholine rings is 1. The van der Waals surface area contributed by atoms with Crippen molar-refractivity contribution in [1.29, 1.82) is 0 Å². The third-order valence-electron chi connectivity index (χ3n) is 5.74. The first-order valence-corrected chi connectivity index (χ1v) is 10.1. The number of hydrogen-bond acceptors (Lipinski definition) is 7. The largest absolute Gasteiger partial charge is 0.381 e. The minimum Gasteiger partial charge on any atom is -0.381 e. The number of pyridine rings is 1. The Bertz CT molecular complexity index is 1060. The molecule has 2 aliphatic heterocycles. The van der Waals surface area contributed by atoms with Crippen LogP contribution in [0.5, 0.6) is 0 Å². The fourth-order valence-corrected chi connectivity index (χ4v) is 4.24. The Morgan fingerprint density at radius 3 is 2.76 bits per heavy atom. The van der Waals surface area contributed by atoms with Gasteiger partial charge in [-0.3, -0.25) is 14.9 Å².